The van der Waals surface area contributed by atoms with Crippen LogP contribution in [0, 0.1) is 0 Å². The van der Waals surface area contributed by atoms with Crippen LogP contribution in [-0.4, -0.2) is 51.1 Å². The molecule has 0 aliphatic carbocycles. The van der Waals surface area contributed by atoms with Crippen LogP contribution in [0.1, 0.15) is 5.56 Å². The van der Waals surface area contributed by atoms with Gasteiger partial charge in [-0.05, 0) is 18.1 Å². The van der Waals surface area contributed by atoms with E-state index in [-0.39, 0.29) is 6.61 Å². The van der Waals surface area contributed by atoms with Crippen molar-refractivity contribution in [1.29, 1.82) is 0 Å². The van der Waals surface area contributed by atoms with Crippen molar-refractivity contribution in [2.45, 2.75) is 6.42 Å². The third-order valence-electron chi connectivity index (χ3n) is 3.58. The minimum Gasteiger partial charge on any atom is -0.486 e. The SMILES string of the molecule is OCCc1ccc2c(c1N1CCNCC1)OCCO2. The fourth-order valence-electron chi connectivity index (χ4n) is 2.70. The molecule has 1 saturated heterocycles. The molecule has 0 radical (unpaired) electrons. The summed E-state index contributed by atoms with van der Waals surface area (Å²) in [6, 6.07) is 3.99. The molecule has 2 aliphatic heterocycles. The Kier molecular flexibility index (Phi) is 3.75. The molecule has 1 fully saturated rings. The molecule has 1 aromatic carbocycles. The summed E-state index contributed by atoms with van der Waals surface area (Å²) in [5.74, 6) is 1.67. The van der Waals surface area contributed by atoms with Crippen molar-refractivity contribution in [2.24, 2.45) is 0 Å². The van der Waals surface area contributed by atoms with E-state index in [4.69, 9.17) is 9.47 Å². The maximum Gasteiger partial charge on any atom is 0.184 e. The molecule has 2 heterocycles. The van der Waals surface area contributed by atoms with Gasteiger partial charge in [0.2, 0.25) is 0 Å². The fraction of sp³-hybridized carbons (Fsp3) is 0.571. The molecule has 19 heavy (non-hydrogen) atoms. The van der Waals surface area contributed by atoms with Crippen molar-refractivity contribution >= 4 is 5.69 Å². The summed E-state index contributed by atoms with van der Waals surface area (Å²) < 4.78 is 11.5. The molecule has 104 valence electrons. The van der Waals surface area contributed by atoms with Crippen molar-refractivity contribution in [3.63, 3.8) is 0 Å². The largest absolute Gasteiger partial charge is 0.486 e. The first-order valence-corrected chi connectivity index (χ1v) is 6.88. The molecular formula is C14H20N2O3. The van der Waals surface area contributed by atoms with Gasteiger partial charge < -0.3 is 24.8 Å². The molecule has 1 aromatic rings. The number of aliphatic hydroxyl groups is 1. The second-order valence-corrected chi connectivity index (χ2v) is 4.81. The average Bonchev–Trinajstić information content (AvgIpc) is 2.48. The Bertz CT molecular complexity index is 445. The van der Waals surface area contributed by atoms with Crippen LogP contribution in [0.15, 0.2) is 12.1 Å². The van der Waals surface area contributed by atoms with E-state index >= 15 is 0 Å². The number of fused-ring (bicyclic) bond motifs is 1. The summed E-state index contributed by atoms with van der Waals surface area (Å²) in [6.07, 6.45) is 0.649. The van der Waals surface area contributed by atoms with Crippen molar-refractivity contribution in [3.8, 4) is 11.5 Å². The molecule has 3 rings (SSSR count). The molecule has 0 amide bonds. The topological polar surface area (TPSA) is 54.0 Å². The Labute approximate surface area is 113 Å². The molecule has 0 bridgehead atoms. The lowest BCUT2D eigenvalue weighted by molar-refractivity contribution is 0.171. The predicted molar refractivity (Wildman–Crippen MR) is 73.3 cm³/mol. The lowest BCUT2D eigenvalue weighted by Gasteiger charge is -2.34. The van der Waals surface area contributed by atoms with Gasteiger partial charge >= 0.3 is 0 Å². The summed E-state index contributed by atoms with van der Waals surface area (Å²) in [5, 5.41) is 12.6. The van der Waals surface area contributed by atoms with Crippen LogP contribution in [-0.2, 0) is 6.42 Å². The summed E-state index contributed by atoms with van der Waals surface area (Å²) in [5.41, 5.74) is 2.24. The first-order chi connectivity index (χ1) is 9.40. The van der Waals surface area contributed by atoms with E-state index in [1.54, 1.807) is 0 Å². The number of nitrogens with zero attached hydrogens (tertiary/aromatic N) is 1. The van der Waals surface area contributed by atoms with Gasteiger partial charge in [0.05, 0.1) is 5.69 Å². The van der Waals surface area contributed by atoms with Crippen LogP contribution in [0.2, 0.25) is 0 Å². The lowest BCUT2D eigenvalue weighted by atomic mass is 10.1. The summed E-state index contributed by atoms with van der Waals surface area (Å²) in [7, 11) is 0. The standard InChI is InChI=1S/C14H20N2O3/c17-8-3-11-1-2-12-14(19-10-9-18-12)13(11)16-6-4-15-5-7-16/h1-2,15,17H,3-10H2. The molecule has 2 aliphatic rings. The first-order valence-electron chi connectivity index (χ1n) is 6.88. The van der Waals surface area contributed by atoms with Gasteiger partial charge in [0.15, 0.2) is 11.5 Å². The number of piperazine rings is 1. The van der Waals surface area contributed by atoms with Crippen LogP contribution >= 0.6 is 0 Å². The molecule has 0 atom stereocenters. The monoisotopic (exact) mass is 264 g/mol. The van der Waals surface area contributed by atoms with Crippen LogP contribution in [0.5, 0.6) is 11.5 Å². The smallest absolute Gasteiger partial charge is 0.184 e. The molecule has 2 N–H and O–H groups in total. The molecule has 0 saturated carbocycles. The highest BCUT2D eigenvalue weighted by molar-refractivity contribution is 5.70. The zero-order chi connectivity index (χ0) is 13.1. The minimum atomic E-state index is 0.152. The maximum atomic E-state index is 9.24. The fourth-order valence-corrected chi connectivity index (χ4v) is 2.70. The average molecular weight is 264 g/mol. The van der Waals surface area contributed by atoms with Gasteiger partial charge in [-0.25, -0.2) is 0 Å². The van der Waals surface area contributed by atoms with Crippen molar-refractivity contribution < 1.29 is 14.6 Å². The van der Waals surface area contributed by atoms with Gasteiger partial charge in [-0.2, -0.15) is 0 Å². The zero-order valence-electron chi connectivity index (χ0n) is 11.0. The van der Waals surface area contributed by atoms with Gasteiger partial charge in [0.25, 0.3) is 0 Å². The summed E-state index contributed by atoms with van der Waals surface area (Å²) in [4.78, 5) is 2.33. The molecule has 0 aromatic heterocycles. The number of ether oxygens (including phenoxy) is 2. The van der Waals surface area contributed by atoms with E-state index in [9.17, 15) is 5.11 Å². The van der Waals surface area contributed by atoms with Crippen molar-refractivity contribution in [2.75, 3.05) is 50.9 Å². The second kappa shape index (κ2) is 5.67. The highest BCUT2D eigenvalue weighted by Gasteiger charge is 2.24. The van der Waals surface area contributed by atoms with E-state index < -0.39 is 0 Å². The molecule has 5 heteroatoms. The van der Waals surface area contributed by atoms with Gasteiger partial charge in [0, 0.05) is 32.8 Å². The maximum absolute atomic E-state index is 9.24. The highest BCUT2D eigenvalue weighted by Crippen LogP contribution is 2.42. The summed E-state index contributed by atoms with van der Waals surface area (Å²) in [6.45, 7) is 5.21. The number of hydrogen-bond acceptors (Lipinski definition) is 5. The quantitative estimate of drug-likeness (QED) is 0.828. The Morgan fingerprint density at radius 1 is 1.16 bits per heavy atom. The van der Waals surface area contributed by atoms with Crippen LogP contribution in [0.3, 0.4) is 0 Å². The molecular weight excluding hydrogens is 244 g/mol. The van der Waals surface area contributed by atoms with Crippen LogP contribution < -0.4 is 19.7 Å². The number of rotatable bonds is 3. The Balaban J connectivity index is 2.01. The Morgan fingerprint density at radius 3 is 2.74 bits per heavy atom. The third kappa shape index (κ3) is 2.48. The van der Waals surface area contributed by atoms with E-state index in [0.29, 0.717) is 19.6 Å². The molecule has 0 unspecified atom stereocenters. The zero-order valence-corrected chi connectivity index (χ0v) is 11.0. The van der Waals surface area contributed by atoms with Crippen LogP contribution in [0.25, 0.3) is 0 Å². The minimum absolute atomic E-state index is 0.152. The van der Waals surface area contributed by atoms with E-state index in [1.165, 1.54) is 0 Å². The predicted octanol–water partition coefficient (Wildman–Crippen LogP) is 0.402. The number of benzene rings is 1. The highest BCUT2D eigenvalue weighted by atomic mass is 16.6. The van der Waals surface area contributed by atoms with E-state index in [1.807, 2.05) is 12.1 Å². The van der Waals surface area contributed by atoms with Gasteiger partial charge in [0.1, 0.15) is 13.2 Å². The Hall–Kier alpha value is -1.46. The van der Waals surface area contributed by atoms with Gasteiger partial charge in [-0.1, -0.05) is 6.07 Å². The third-order valence-corrected chi connectivity index (χ3v) is 3.58. The Morgan fingerprint density at radius 2 is 1.95 bits per heavy atom. The normalized spacial score (nSPS) is 18.5. The molecule has 0 spiro atoms. The number of nitrogens with one attached hydrogen (secondary N) is 1. The van der Waals surface area contributed by atoms with Gasteiger partial charge in [-0.15, -0.1) is 0 Å². The summed E-state index contributed by atoms with van der Waals surface area (Å²) >= 11 is 0. The van der Waals surface area contributed by atoms with Gasteiger partial charge in [-0.3, -0.25) is 0 Å². The molecule has 5 nitrogen and oxygen atoms in total. The van der Waals surface area contributed by atoms with E-state index in [0.717, 1.165) is 48.9 Å². The first kappa shape index (κ1) is 12.6. The number of anilines is 1. The van der Waals surface area contributed by atoms with Crippen LogP contribution in [0.4, 0.5) is 5.69 Å². The second-order valence-electron chi connectivity index (χ2n) is 4.81. The van der Waals surface area contributed by atoms with E-state index in [2.05, 4.69) is 10.2 Å². The number of aliphatic hydroxyl groups excluding tert-OH is 1. The van der Waals surface area contributed by atoms with Crippen molar-refractivity contribution in [1.82, 2.24) is 5.32 Å². The lowest BCUT2D eigenvalue weighted by Crippen LogP contribution is -2.44. The number of hydrogen-bond donors (Lipinski definition) is 2. The van der Waals surface area contributed by atoms with Crippen molar-refractivity contribution in [3.05, 3.63) is 17.7 Å².